The average molecular weight is 246 g/mol. The molecule has 2 saturated carbocycles. The average Bonchev–Trinajstić information content (AvgIpc) is 2.67. The fraction of sp³-hybridized carbons (Fsp3) is 0.625. The molecule has 0 heterocycles. The largest absolute Gasteiger partial charge is 0.496 e. The van der Waals surface area contributed by atoms with E-state index in [1.165, 1.54) is 30.4 Å². The molecule has 2 heteroatoms. The lowest BCUT2D eigenvalue weighted by Gasteiger charge is -2.41. The van der Waals surface area contributed by atoms with Crippen LogP contribution in [0.3, 0.4) is 0 Å². The number of ether oxygens (including phenoxy) is 1. The topological polar surface area (TPSA) is 29.5 Å². The van der Waals surface area contributed by atoms with Crippen LogP contribution in [0.5, 0.6) is 5.75 Å². The Balaban J connectivity index is 1.75. The van der Waals surface area contributed by atoms with Gasteiger partial charge in [0, 0.05) is 6.61 Å². The van der Waals surface area contributed by atoms with Crippen LogP contribution in [-0.2, 0) is 0 Å². The zero-order valence-electron chi connectivity index (χ0n) is 11.2. The molecule has 0 radical (unpaired) electrons. The predicted molar refractivity (Wildman–Crippen MR) is 71.9 cm³/mol. The highest BCUT2D eigenvalue weighted by molar-refractivity contribution is 5.38. The number of hydrogen-bond acceptors (Lipinski definition) is 2. The second-order valence-electron chi connectivity index (χ2n) is 6.02. The van der Waals surface area contributed by atoms with Gasteiger partial charge in [-0.25, -0.2) is 0 Å². The van der Waals surface area contributed by atoms with Crippen molar-refractivity contribution in [2.45, 2.75) is 32.1 Å². The van der Waals surface area contributed by atoms with Crippen molar-refractivity contribution in [3.05, 3.63) is 29.3 Å². The number of aliphatic hydroxyl groups excluding tert-OH is 1. The van der Waals surface area contributed by atoms with E-state index in [0.29, 0.717) is 12.5 Å². The molecule has 1 aromatic carbocycles. The molecule has 0 saturated heterocycles. The van der Waals surface area contributed by atoms with Gasteiger partial charge in [0.05, 0.1) is 7.11 Å². The molecule has 98 valence electrons. The maximum absolute atomic E-state index is 9.28. The summed E-state index contributed by atoms with van der Waals surface area (Å²) in [6.07, 6.45) is 3.77. The number of fused-ring (bicyclic) bond motifs is 1. The minimum Gasteiger partial charge on any atom is -0.496 e. The number of methoxy groups -OCH3 is 1. The lowest BCUT2D eigenvalue weighted by atomic mass is 9.64. The third-order valence-electron chi connectivity index (χ3n) is 5.03. The Morgan fingerprint density at radius 3 is 2.78 bits per heavy atom. The van der Waals surface area contributed by atoms with Gasteiger partial charge >= 0.3 is 0 Å². The van der Waals surface area contributed by atoms with Crippen LogP contribution < -0.4 is 4.74 Å². The van der Waals surface area contributed by atoms with E-state index in [9.17, 15) is 5.11 Å². The summed E-state index contributed by atoms with van der Waals surface area (Å²) < 4.78 is 5.32. The molecule has 18 heavy (non-hydrogen) atoms. The van der Waals surface area contributed by atoms with E-state index in [1.807, 2.05) is 0 Å². The van der Waals surface area contributed by atoms with Gasteiger partial charge in [-0.3, -0.25) is 0 Å². The fourth-order valence-corrected chi connectivity index (χ4v) is 4.01. The summed E-state index contributed by atoms with van der Waals surface area (Å²) in [4.78, 5) is 0. The molecule has 0 aliphatic heterocycles. The molecule has 0 amide bonds. The highest BCUT2D eigenvalue weighted by atomic mass is 16.5. The molecule has 4 atom stereocenters. The van der Waals surface area contributed by atoms with Crippen LogP contribution in [0.15, 0.2) is 18.2 Å². The Hall–Kier alpha value is -1.02. The van der Waals surface area contributed by atoms with Crippen LogP contribution in [0, 0.1) is 24.7 Å². The highest BCUT2D eigenvalue weighted by Crippen LogP contribution is 2.57. The predicted octanol–water partition coefficient (Wildman–Crippen LogP) is 3.13. The van der Waals surface area contributed by atoms with E-state index in [2.05, 4.69) is 25.1 Å². The van der Waals surface area contributed by atoms with Crippen LogP contribution in [-0.4, -0.2) is 18.8 Å². The molecule has 1 aromatic rings. The molecule has 0 spiro atoms. The van der Waals surface area contributed by atoms with E-state index < -0.39 is 0 Å². The fourth-order valence-electron chi connectivity index (χ4n) is 4.01. The van der Waals surface area contributed by atoms with Gasteiger partial charge in [0.1, 0.15) is 5.75 Å². The third-order valence-corrected chi connectivity index (χ3v) is 5.03. The molecule has 2 aliphatic carbocycles. The maximum Gasteiger partial charge on any atom is 0.121 e. The van der Waals surface area contributed by atoms with E-state index >= 15 is 0 Å². The molecular weight excluding hydrogens is 224 g/mol. The monoisotopic (exact) mass is 246 g/mol. The van der Waals surface area contributed by atoms with E-state index in [0.717, 1.165) is 23.5 Å². The molecule has 2 nitrogen and oxygen atoms in total. The molecule has 4 unspecified atom stereocenters. The van der Waals surface area contributed by atoms with Gasteiger partial charge in [-0.05, 0) is 67.1 Å². The first-order valence-electron chi connectivity index (χ1n) is 6.98. The van der Waals surface area contributed by atoms with Crippen molar-refractivity contribution < 1.29 is 9.84 Å². The number of aliphatic hydroxyl groups is 1. The maximum atomic E-state index is 9.28. The van der Waals surface area contributed by atoms with Crippen molar-refractivity contribution in [1.82, 2.24) is 0 Å². The lowest BCUT2D eigenvalue weighted by molar-refractivity contribution is 0.169. The van der Waals surface area contributed by atoms with Gasteiger partial charge < -0.3 is 9.84 Å². The zero-order valence-corrected chi connectivity index (χ0v) is 11.2. The molecule has 0 aromatic heterocycles. The van der Waals surface area contributed by atoms with Crippen LogP contribution in [0.1, 0.15) is 36.3 Å². The summed E-state index contributed by atoms with van der Waals surface area (Å²) in [5.74, 6) is 3.94. The van der Waals surface area contributed by atoms with Crippen LogP contribution in [0.2, 0.25) is 0 Å². The molecular formula is C16H22O2. The minimum atomic E-state index is 0.376. The first-order chi connectivity index (χ1) is 8.72. The molecule has 0 bridgehead atoms. The lowest BCUT2D eigenvalue weighted by Crippen LogP contribution is -2.30. The van der Waals surface area contributed by atoms with Crippen molar-refractivity contribution in [3.8, 4) is 5.75 Å². The van der Waals surface area contributed by atoms with Crippen LogP contribution in [0.25, 0.3) is 0 Å². The Bertz CT molecular complexity index is 441. The van der Waals surface area contributed by atoms with Gasteiger partial charge in [-0.1, -0.05) is 12.1 Å². The summed E-state index contributed by atoms with van der Waals surface area (Å²) in [6.45, 7) is 2.49. The van der Waals surface area contributed by atoms with Crippen molar-refractivity contribution in [3.63, 3.8) is 0 Å². The highest BCUT2D eigenvalue weighted by Gasteiger charge is 2.47. The molecule has 2 aliphatic rings. The third kappa shape index (κ3) is 1.83. The van der Waals surface area contributed by atoms with Crippen molar-refractivity contribution in [2.75, 3.05) is 13.7 Å². The SMILES string of the molecule is COc1ccc(C2CC3CC(CO)CC32)cc1C. The normalized spacial score (nSPS) is 33.9. The van der Waals surface area contributed by atoms with Crippen LogP contribution >= 0.6 is 0 Å². The van der Waals surface area contributed by atoms with E-state index in [4.69, 9.17) is 4.74 Å². The van der Waals surface area contributed by atoms with Crippen LogP contribution in [0.4, 0.5) is 0 Å². The number of benzene rings is 1. The molecule has 2 fully saturated rings. The quantitative estimate of drug-likeness (QED) is 0.888. The Morgan fingerprint density at radius 2 is 2.11 bits per heavy atom. The molecule has 1 N–H and O–H groups in total. The smallest absolute Gasteiger partial charge is 0.121 e. The number of rotatable bonds is 3. The Morgan fingerprint density at radius 1 is 1.28 bits per heavy atom. The first-order valence-corrected chi connectivity index (χ1v) is 6.98. The zero-order chi connectivity index (χ0) is 12.7. The summed E-state index contributed by atoms with van der Waals surface area (Å²) in [7, 11) is 1.73. The Kier molecular flexibility index (Phi) is 3.06. The van der Waals surface area contributed by atoms with Crippen molar-refractivity contribution >= 4 is 0 Å². The summed E-state index contributed by atoms with van der Waals surface area (Å²) in [6, 6.07) is 6.60. The second kappa shape index (κ2) is 4.58. The van der Waals surface area contributed by atoms with Gasteiger partial charge in [0.15, 0.2) is 0 Å². The number of aryl methyl sites for hydroxylation is 1. The first kappa shape index (κ1) is 12.0. The minimum absolute atomic E-state index is 0.376. The van der Waals surface area contributed by atoms with E-state index in [1.54, 1.807) is 7.11 Å². The van der Waals surface area contributed by atoms with Gasteiger partial charge in [-0.2, -0.15) is 0 Å². The Labute approximate surface area is 109 Å². The van der Waals surface area contributed by atoms with Gasteiger partial charge in [0.2, 0.25) is 0 Å². The van der Waals surface area contributed by atoms with Crippen molar-refractivity contribution in [2.24, 2.45) is 17.8 Å². The summed E-state index contributed by atoms with van der Waals surface area (Å²) >= 11 is 0. The van der Waals surface area contributed by atoms with Gasteiger partial charge in [-0.15, -0.1) is 0 Å². The van der Waals surface area contributed by atoms with Gasteiger partial charge in [0.25, 0.3) is 0 Å². The molecule has 3 rings (SSSR count). The standard InChI is InChI=1S/C16H22O2/c1-10-5-12(3-4-16(10)18-2)15-8-13-6-11(9-17)7-14(13)15/h3-5,11,13-15,17H,6-9H2,1-2H3. The van der Waals surface area contributed by atoms with Crippen molar-refractivity contribution in [1.29, 1.82) is 0 Å². The number of hydrogen-bond donors (Lipinski definition) is 1. The summed E-state index contributed by atoms with van der Waals surface area (Å²) in [5, 5.41) is 9.28. The summed E-state index contributed by atoms with van der Waals surface area (Å²) in [5.41, 5.74) is 2.70. The second-order valence-corrected chi connectivity index (χ2v) is 6.02. The van der Waals surface area contributed by atoms with E-state index in [-0.39, 0.29) is 0 Å².